The Morgan fingerprint density at radius 2 is 0.762 bits per heavy atom. The molecular formula is C61H43NO. The molecule has 0 aliphatic rings. The molecule has 0 fully saturated rings. The topological polar surface area (TPSA) is 16.4 Å². The summed E-state index contributed by atoms with van der Waals surface area (Å²) >= 11 is 0. The summed E-state index contributed by atoms with van der Waals surface area (Å²) in [6.07, 6.45) is 0. The fourth-order valence-corrected chi connectivity index (χ4v) is 9.03. The Labute approximate surface area is 368 Å². The Balaban J connectivity index is 0.934. The molecule has 1 heterocycles. The molecule has 0 N–H and O–H groups in total. The van der Waals surface area contributed by atoms with Crippen LogP contribution in [-0.2, 0) is 0 Å². The summed E-state index contributed by atoms with van der Waals surface area (Å²) in [5.74, 6) is 0.924. The number of anilines is 3. The lowest BCUT2D eigenvalue weighted by Gasteiger charge is -2.28. The molecule has 11 aromatic rings. The van der Waals surface area contributed by atoms with Crippen LogP contribution in [0.2, 0.25) is 0 Å². The first-order valence-corrected chi connectivity index (χ1v) is 21.6. The highest BCUT2D eigenvalue weighted by Gasteiger charge is 2.19. The lowest BCUT2D eigenvalue weighted by Crippen LogP contribution is -2.11. The molecule has 0 saturated heterocycles. The summed E-state index contributed by atoms with van der Waals surface area (Å²) in [5, 5.41) is 3.65. The standard InChI is InChI=1S/C61H43NO/c1-42-55-19-8-10-24-60(55)63-61(42)52-18-11-17-51(41-52)47-27-25-45(26-28-47)46-33-37-53(38-34-46)62(54-39-35-49(36-40-54)57-22-12-16-48-15-5-6-20-56(48)57)59-23-9-7-21-58(59)50-31-29-44(30-32-50)43-13-3-2-4-14-43/h2-41H,1H3. The van der Waals surface area contributed by atoms with Gasteiger partial charge in [-0.05, 0) is 110 Å². The normalized spacial score (nSPS) is 11.3. The second-order valence-corrected chi connectivity index (χ2v) is 16.1. The second-order valence-electron chi connectivity index (χ2n) is 16.1. The van der Waals surface area contributed by atoms with E-state index in [4.69, 9.17) is 4.42 Å². The minimum absolute atomic E-state index is 0.918. The molecule has 0 saturated carbocycles. The zero-order chi connectivity index (χ0) is 42.1. The van der Waals surface area contributed by atoms with Crippen LogP contribution in [0.5, 0.6) is 0 Å². The van der Waals surface area contributed by atoms with Gasteiger partial charge in [-0.1, -0.05) is 200 Å². The molecule has 2 heteroatoms. The quantitative estimate of drug-likeness (QED) is 0.144. The van der Waals surface area contributed by atoms with E-state index in [0.717, 1.165) is 67.2 Å². The maximum atomic E-state index is 6.32. The van der Waals surface area contributed by atoms with Crippen LogP contribution in [0.15, 0.2) is 247 Å². The zero-order valence-electron chi connectivity index (χ0n) is 34.9. The van der Waals surface area contributed by atoms with Crippen LogP contribution < -0.4 is 4.90 Å². The highest BCUT2D eigenvalue weighted by molar-refractivity contribution is 5.97. The monoisotopic (exact) mass is 805 g/mol. The Bertz CT molecular complexity index is 3360. The van der Waals surface area contributed by atoms with Crippen molar-refractivity contribution in [1.29, 1.82) is 0 Å². The van der Waals surface area contributed by atoms with Gasteiger partial charge in [0.2, 0.25) is 0 Å². The molecule has 0 spiro atoms. The van der Waals surface area contributed by atoms with Gasteiger partial charge in [0, 0.05) is 33.5 Å². The maximum absolute atomic E-state index is 6.32. The minimum Gasteiger partial charge on any atom is -0.456 e. The van der Waals surface area contributed by atoms with Gasteiger partial charge in [0.1, 0.15) is 11.3 Å². The predicted molar refractivity (Wildman–Crippen MR) is 266 cm³/mol. The van der Waals surface area contributed by atoms with E-state index in [2.05, 4.69) is 242 Å². The van der Waals surface area contributed by atoms with E-state index >= 15 is 0 Å². The van der Waals surface area contributed by atoms with E-state index in [-0.39, 0.29) is 0 Å². The van der Waals surface area contributed by atoms with Crippen LogP contribution in [0, 0.1) is 6.92 Å². The van der Waals surface area contributed by atoms with Crippen LogP contribution in [0.1, 0.15) is 5.56 Å². The molecule has 10 aromatic carbocycles. The second kappa shape index (κ2) is 16.3. The van der Waals surface area contributed by atoms with Crippen molar-refractivity contribution < 1.29 is 4.42 Å². The first-order chi connectivity index (χ1) is 31.1. The summed E-state index contributed by atoms with van der Waals surface area (Å²) in [6, 6.07) is 87.2. The van der Waals surface area contributed by atoms with Crippen LogP contribution in [-0.4, -0.2) is 0 Å². The Kier molecular flexibility index (Phi) is 9.80. The van der Waals surface area contributed by atoms with Gasteiger partial charge in [-0.3, -0.25) is 0 Å². The van der Waals surface area contributed by atoms with Crippen molar-refractivity contribution in [1.82, 2.24) is 0 Å². The lowest BCUT2D eigenvalue weighted by molar-refractivity contribution is 0.629. The van der Waals surface area contributed by atoms with E-state index in [1.165, 1.54) is 44.2 Å². The average Bonchev–Trinajstić information content (AvgIpc) is 3.71. The Hall–Kier alpha value is -8.20. The zero-order valence-corrected chi connectivity index (χ0v) is 34.9. The molecule has 0 radical (unpaired) electrons. The molecule has 2 nitrogen and oxygen atoms in total. The van der Waals surface area contributed by atoms with Crippen molar-refractivity contribution in [3.8, 4) is 67.0 Å². The van der Waals surface area contributed by atoms with Gasteiger partial charge in [0.05, 0.1) is 5.69 Å². The van der Waals surface area contributed by atoms with E-state index < -0.39 is 0 Å². The summed E-state index contributed by atoms with van der Waals surface area (Å²) in [7, 11) is 0. The first kappa shape index (κ1) is 37.8. The number of nitrogens with zero attached hydrogens (tertiary/aromatic N) is 1. The number of hydrogen-bond donors (Lipinski definition) is 0. The maximum Gasteiger partial charge on any atom is 0.138 e. The fraction of sp³-hybridized carbons (Fsp3) is 0.0164. The third-order valence-corrected chi connectivity index (χ3v) is 12.3. The van der Waals surface area contributed by atoms with E-state index in [1.54, 1.807) is 0 Å². The SMILES string of the molecule is Cc1c(-c2cccc(-c3ccc(-c4ccc(N(c5ccc(-c6cccc7ccccc67)cc5)c5ccccc5-c5ccc(-c6ccccc6)cc5)cc4)cc3)c2)oc2ccccc12. The highest BCUT2D eigenvalue weighted by atomic mass is 16.3. The van der Waals surface area contributed by atoms with E-state index in [1.807, 2.05) is 12.1 Å². The molecule has 0 bridgehead atoms. The van der Waals surface area contributed by atoms with Crippen molar-refractivity contribution >= 4 is 38.8 Å². The van der Waals surface area contributed by atoms with Crippen LogP contribution in [0.4, 0.5) is 17.1 Å². The molecule has 0 atom stereocenters. The smallest absolute Gasteiger partial charge is 0.138 e. The molecule has 0 aliphatic carbocycles. The Morgan fingerprint density at radius 3 is 1.46 bits per heavy atom. The number of benzene rings is 10. The molecule has 1 aromatic heterocycles. The van der Waals surface area contributed by atoms with Crippen molar-refractivity contribution in [2.45, 2.75) is 6.92 Å². The van der Waals surface area contributed by atoms with E-state index in [0.29, 0.717) is 0 Å². The number of furan rings is 1. The lowest BCUT2D eigenvalue weighted by atomic mass is 9.96. The van der Waals surface area contributed by atoms with Gasteiger partial charge >= 0.3 is 0 Å². The highest BCUT2D eigenvalue weighted by Crippen LogP contribution is 2.43. The van der Waals surface area contributed by atoms with E-state index in [9.17, 15) is 0 Å². The predicted octanol–water partition coefficient (Wildman–Crippen LogP) is 17.4. The molecular weight excluding hydrogens is 763 g/mol. The summed E-state index contributed by atoms with van der Waals surface area (Å²) in [6.45, 7) is 2.14. The molecule has 298 valence electrons. The number of fused-ring (bicyclic) bond motifs is 2. The van der Waals surface area contributed by atoms with Gasteiger partial charge in [0.15, 0.2) is 0 Å². The van der Waals surface area contributed by atoms with Crippen LogP contribution >= 0.6 is 0 Å². The van der Waals surface area contributed by atoms with Crippen LogP contribution in [0.3, 0.4) is 0 Å². The number of rotatable bonds is 9. The molecule has 0 aliphatic heterocycles. The van der Waals surface area contributed by atoms with Crippen molar-refractivity contribution in [2.75, 3.05) is 4.90 Å². The summed E-state index contributed by atoms with van der Waals surface area (Å²) in [5.41, 5.74) is 18.3. The van der Waals surface area contributed by atoms with Gasteiger partial charge < -0.3 is 9.32 Å². The van der Waals surface area contributed by atoms with Gasteiger partial charge in [-0.15, -0.1) is 0 Å². The molecule has 11 rings (SSSR count). The average molecular weight is 806 g/mol. The summed E-state index contributed by atoms with van der Waals surface area (Å²) < 4.78 is 6.32. The molecule has 63 heavy (non-hydrogen) atoms. The minimum atomic E-state index is 0.918. The van der Waals surface area contributed by atoms with Gasteiger partial charge in [0.25, 0.3) is 0 Å². The largest absolute Gasteiger partial charge is 0.456 e. The van der Waals surface area contributed by atoms with Crippen molar-refractivity contribution in [3.05, 3.63) is 248 Å². The number of aryl methyl sites for hydroxylation is 1. The third kappa shape index (κ3) is 7.28. The van der Waals surface area contributed by atoms with Gasteiger partial charge in [-0.2, -0.15) is 0 Å². The molecule has 0 amide bonds. The fourth-order valence-electron chi connectivity index (χ4n) is 9.03. The van der Waals surface area contributed by atoms with Crippen molar-refractivity contribution in [2.24, 2.45) is 0 Å². The van der Waals surface area contributed by atoms with Crippen molar-refractivity contribution in [3.63, 3.8) is 0 Å². The first-order valence-electron chi connectivity index (χ1n) is 21.6. The Morgan fingerprint density at radius 1 is 0.317 bits per heavy atom. The number of para-hydroxylation sites is 2. The van der Waals surface area contributed by atoms with Gasteiger partial charge in [-0.25, -0.2) is 0 Å². The summed E-state index contributed by atoms with van der Waals surface area (Å²) in [4.78, 5) is 2.39. The number of hydrogen-bond acceptors (Lipinski definition) is 2. The van der Waals surface area contributed by atoms with Crippen LogP contribution in [0.25, 0.3) is 88.7 Å². The molecule has 0 unspecified atom stereocenters. The third-order valence-electron chi connectivity index (χ3n) is 12.3.